The number of hydrogen-bond donors (Lipinski definition) is 2. The van der Waals surface area contributed by atoms with Crippen LogP contribution in [0.3, 0.4) is 0 Å². The second-order valence-corrected chi connectivity index (χ2v) is 5.31. The molecule has 0 saturated carbocycles. The number of nitrogens with zero attached hydrogens (tertiary/aromatic N) is 1. The molecule has 0 bridgehead atoms. The fourth-order valence-electron chi connectivity index (χ4n) is 2.07. The largest absolute Gasteiger partial charge is 0.478 e. The summed E-state index contributed by atoms with van der Waals surface area (Å²) in [6.45, 7) is 3.05. The Labute approximate surface area is 105 Å². The van der Waals surface area contributed by atoms with Crippen molar-refractivity contribution in [1.29, 1.82) is 0 Å². The monoisotopic (exact) mass is 252 g/mol. The number of carboxylic acid groups (broad SMARTS) is 1. The zero-order valence-corrected chi connectivity index (χ0v) is 10.5. The van der Waals surface area contributed by atoms with Crippen molar-refractivity contribution in [3.63, 3.8) is 0 Å². The fraction of sp³-hybridized carbons (Fsp3) is 0.417. The van der Waals surface area contributed by atoms with Crippen LogP contribution in [0.1, 0.15) is 17.3 Å². The van der Waals surface area contributed by atoms with Gasteiger partial charge in [-0.2, -0.15) is 11.8 Å². The number of carboxylic acids is 1. The maximum Gasteiger partial charge on any atom is 0.337 e. The molecule has 92 valence electrons. The number of thioether (sulfide) groups is 1. The third-order valence-corrected chi connectivity index (χ3v) is 4.18. The van der Waals surface area contributed by atoms with Crippen molar-refractivity contribution < 1.29 is 9.90 Å². The predicted molar refractivity (Wildman–Crippen MR) is 71.9 cm³/mol. The smallest absolute Gasteiger partial charge is 0.337 e. The van der Waals surface area contributed by atoms with Gasteiger partial charge in [0.05, 0.1) is 16.9 Å². The summed E-state index contributed by atoms with van der Waals surface area (Å²) >= 11 is 1.92. The Balaban J connectivity index is 2.38. The summed E-state index contributed by atoms with van der Waals surface area (Å²) in [5.74, 6) is 1.14. The number of nitrogens with two attached hydrogens (primary N) is 1. The first-order valence-electron chi connectivity index (χ1n) is 5.57. The normalized spacial score (nSPS) is 20.3. The first-order valence-corrected chi connectivity index (χ1v) is 6.73. The lowest BCUT2D eigenvalue weighted by atomic mass is 10.1. The molecule has 1 aliphatic heterocycles. The number of anilines is 2. The maximum absolute atomic E-state index is 11.0. The van der Waals surface area contributed by atoms with Gasteiger partial charge >= 0.3 is 5.97 Å². The number of para-hydroxylation sites is 1. The lowest BCUT2D eigenvalue weighted by Crippen LogP contribution is -2.40. The van der Waals surface area contributed by atoms with Crippen LogP contribution in [-0.2, 0) is 0 Å². The van der Waals surface area contributed by atoms with E-state index in [1.807, 2.05) is 17.8 Å². The molecule has 17 heavy (non-hydrogen) atoms. The summed E-state index contributed by atoms with van der Waals surface area (Å²) in [5, 5.41) is 9.05. The van der Waals surface area contributed by atoms with E-state index in [1.165, 1.54) is 0 Å². The van der Waals surface area contributed by atoms with Crippen LogP contribution >= 0.6 is 11.8 Å². The Kier molecular flexibility index (Phi) is 3.47. The van der Waals surface area contributed by atoms with E-state index in [9.17, 15) is 4.79 Å². The van der Waals surface area contributed by atoms with E-state index in [1.54, 1.807) is 12.1 Å². The minimum atomic E-state index is -0.969. The molecule has 1 fully saturated rings. The SMILES string of the molecule is CC1CSCCN1c1cccc(C(=O)O)c1N. The summed E-state index contributed by atoms with van der Waals surface area (Å²) in [4.78, 5) is 13.2. The Morgan fingerprint density at radius 3 is 3.00 bits per heavy atom. The van der Waals surface area contributed by atoms with Gasteiger partial charge in [0.2, 0.25) is 0 Å². The van der Waals surface area contributed by atoms with Crippen LogP contribution in [0.2, 0.25) is 0 Å². The van der Waals surface area contributed by atoms with Crippen LogP contribution in [0.5, 0.6) is 0 Å². The molecule has 0 spiro atoms. The molecular weight excluding hydrogens is 236 g/mol. The van der Waals surface area contributed by atoms with Gasteiger partial charge in [-0.15, -0.1) is 0 Å². The zero-order chi connectivity index (χ0) is 12.4. The second-order valence-electron chi connectivity index (χ2n) is 4.16. The molecule has 1 saturated heterocycles. The molecule has 5 heteroatoms. The number of benzene rings is 1. The minimum Gasteiger partial charge on any atom is -0.478 e. The van der Waals surface area contributed by atoms with Crippen LogP contribution < -0.4 is 10.6 Å². The highest BCUT2D eigenvalue weighted by Gasteiger charge is 2.22. The van der Waals surface area contributed by atoms with Gasteiger partial charge in [0.25, 0.3) is 0 Å². The summed E-state index contributed by atoms with van der Waals surface area (Å²) in [6, 6.07) is 5.59. The van der Waals surface area contributed by atoms with Crippen molar-refractivity contribution in [2.45, 2.75) is 13.0 Å². The van der Waals surface area contributed by atoms with Crippen molar-refractivity contribution >= 4 is 29.1 Å². The average molecular weight is 252 g/mol. The summed E-state index contributed by atoms with van der Waals surface area (Å²) in [6.07, 6.45) is 0. The maximum atomic E-state index is 11.0. The van der Waals surface area contributed by atoms with E-state index in [4.69, 9.17) is 10.8 Å². The van der Waals surface area contributed by atoms with Gasteiger partial charge in [0.15, 0.2) is 0 Å². The van der Waals surface area contributed by atoms with E-state index in [0.29, 0.717) is 11.7 Å². The molecule has 1 unspecified atom stereocenters. The van der Waals surface area contributed by atoms with Gasteiger partial charge in [0, 0.05) is 24.1 Å². The van der Waals surface area contributed by atoms with Crippen molar-refractivity contribution in [3.05, 3.63) is 23.8 Å². The summed E-state index contributed by atoms with van der Waals surface area (Å²) in [5.41, 5.74) is 7.35. The Hall–Kier alpha value is -1.36. The van der Waals surface area contributed by atoms with Crippen molar-refractivity contribution in [2.75, 3.05) is 28.7 Å². The summed E-state index contributed by atoms with van der Waals surface area (Å²) in [7, 11) is 0. The first-order chi connectivity index (χ1) is 8.11. The van der Waals surface area contributed by atoms with E-state index in [-0.39, 0.29) is 5.56 Å². The Morgan fingerprint density at radius 2 is 2.35 bits per heavy atom. The Bertz CT molecular complexity index is 437. The Morgan fingerprint density at radius 1 is 1.59 bits per heavy atom. The van der Waals surface area contributed by atoms with Crippen LogP contribution in [-0.4, -0.2) is 35.2 Å². The molecule has 0 radical (unpaired) electrons. The topological polar surface area (TPSA) is 66.6 Å². The summed E-state index contributed by atoms with van der Waals surface area (Å²) < 4.78 is 0. The highest BCUT2D eigenvalue weighted by Crippen LogP contribution is 2.31. The van der Waals surface area contributed by atoms with Gasteiger partial charge < -0.3 is 15.7 Å². The average Bonchev–Trinajstić information content (AvgIpc) is 2.30. The quantitative estimate of drug-likeness (QED) is 0.787. The molecule has 1 aromatic carbocycles. The third-order valence-electron chi connectivity index (χ3n) is 2.99. The molecular formula is C12H16N2O2S. The third kappa shape index (κ3) is 2.34. The van der Waals surface area contributed by atoms with Crippen molar-refractivity contribution in [3.8, 4) is 0 Å². The standard InChI is InChI=1S/C12H16N2O2S/c1-8-7-17-6-5-14(8)10-4-2-3-9(11(10)13)12(15)16/h2-4,8H,5-7,13H2,1H3,(H,15,16). The highest BCUT2D eigenvalue weighted by molar-refractivity contribution is 7.99. The molecule has 1 aliphatic rings. The van der Waals surface area contributed by atoms with Gasteiger partial charge in [0.1, 0.15) is 0 Å². The lowest BCUT2D eigenvalue weighted by molar-refractivity contribution is 0.0698. The fourth-order valence-corrected chi connectivity index (χ4v) is 3.09. The van der Waals surface area contributed by atoms with E-state index >= 15 is 0 Å². The number of carbonyl (C=O) groups is 1. The lowest BCUT2D eigenvalue weighted by Gasteiger charge is -2.36. The van der Waals surface area contributed by atoms with E-state index < -0.39 is 5.97 Å². The first kappa shape index (κ1) is 12.1. The van der Waals surface area contributed by atoms with Crippen LogP contribution in [0.15, 0.2) is 18.2 Å². The molecule has 2 rings (SSSR count). The predicted octanol–water partition coefficient (Wildman–Crippen LogP) is 1.91. The molecule has 0 aromatic heterocycles. The molecule has 4 nitrogen and oxygen atoms in total. The van der Waals surface area contributed by atoms with Crippen LogP contribution in [0, 0.1) is 0 Å². The van der Waals surface area contributed by atoms with Gasteiger partial charge in [-0.25, -0.2) is 4.79 Å². The van der Waals surface area contributed by atoms with Crippen molar-refractivity contribution in [2.24, 2.45) is 0 Å². The van der Waals surface area contributed by atoms with Crippen LogP contribution in [0.25, 0.3) is 0 Å². The number of aromatic carboxylic acids is 1. The number of nitrogen functional groups attached to an aromatic ring is 1. The van der Waals surface area contributed by atoms with Gasteiger partial charge in [-0.05, 0) is 19.1 Å². The molecule has 1 atom stereocenters. The van der Waals surface area contributed by atoms with E-state index in [0.717, 1.165) is 23.7 Å². The molecule has 0 amide bonds. The van der Waals surface area contributed by atoms with E-state index in [2.05, 4.69) is 11.8 Å². The zero-order valence-electron chi connectivity index (χ0n) is 9.72. The molecule has 3 N–H and O–H groups in total. The number of rotatable bonds is 2. The molecule has 1 heterocycles. The second kappa shape index (κ2) is 4.87. The molecule has 1 aromatic rings. The van der Waals surface area contributed by atoms with Crippen LogP contribution in [0.4, 0.5) is 11.4 Å². The highest BCUT2D eigenvalue weighted by atomic mass is 32.2. The van der Waals surface area contributed by atoms with Crippen molar-refractivity contribution in [1.82, 2.24) is 0 Å². The minimum absolute atomic E-state index is 0.188. The van der Waals surface area contributed by atoms with Gasteiger partial charge in [-0.3, -0.25) is 0 Å². The van der Waals surface area contributed by atoms with Gasteiger partial charge in [-0.1, -0.05) is 6.07 Å². The number of hydrogen-bond acceptors (Lipinski definition) is 4. The molecule has 0 aliphatic carbocycles.